The molecular weight excluding hydrogens is 214 g/mol. The van der Waals surface area contributed by atoms with Crippen LogP contribution in [-0.4, -0.2) is 24.2 Å². The summed E-state index contributed by atoms with van der Waals surface area (Å²) in [5.74, 6) is -0.0235. The van der Waals surface area contributed by atoms with Gasteiger partial charge in [-0.25, -0.2) is 0 Å². The van der Waals surface area contributed by atoms with Crippen molar-refractivity contribution >= 4 is 5.91 Å². The van der Waals surface area contributed by atoms with E-state index in [2.05, 4.69) is 43.4 Å². The van der Waals surface area contributed by atoms with Crippen molar-refractivity contribution in [2.75, 3.05) is 13.2 Å². The highest BCUT2D eigenvalue weighted by Crippen LogP contribution is 2.26. The van der Waals surface area contributed by atoms with Gasteiger partial charge in [0.15, 0.2) is 0 Å². The Balaban J connectivity index is 2.67. The van der Waals surface area contributed by atoms with Gasteiger partial charge in [0.1, 0.15) is 0 Å². The molecule has 0 aliphatic rings. The Morgan fingerprint density at radius 3 is 2.41 bits per heavy atom. The normalized spacial score (nSPS) is 11.3. The first-order valence-corrected chi connectivity index (χ1v) is 5.90. The van der Waals surface area contributed by atoms with Crippen molar-refractivity contribution in [1.82, 2.24) is 5.32 Å². The molecule has 3 heteroatoms. The smallest absolute Gasteiger partial charge is 0.220 e. The minimum Gasteiger partial charge on any atom is -0.395 e. The predicted octanol–water partition coefficient (Wildman–Crippen LogP) is 1.77. The average Bonchev–Trinajstić information content (AvgIpc) is 2.26. The Bertz CT molecular complexity index is 368. The molecule has 0 aromatic heterocycles. The predicted molar refractivity (Wildman–Crippen MR) is 68.9 cm³/mol. The van der Waals surface area contributed by atoms with Gasteiger partial charge in [-0.3, -0.25) is 4.79 Å². The fourth-order valence-corrected chi connectivity index (χ4v) is 1.77. The first-order chi connectivity index (χ1) is 7.95. The number of carbonyl (C=O) groups excluding carboxylic acids is 1. The largest absolute Gasteiger partial charge is 0.395 e. The van der Waals surface area contributed by atoms with E-state index in [9.17, 15) is 4.79 Å². The maximum Gasteiger partial charge on any atom is 0.220 e. The summed E-state index contributed by atoms with van der Waals surface area (Å²) in [6.45, 7) is 6.45. The lowest BCUT2D eigenvalue weighted by atomic mass is 9.81. The van der Waals surface area contributed by atoms with Crippen LogP contribution in [-0.2, 0) is 10.2 Å². The van der Waals surface area contributed by atoms with Crippen LogP contribution in [0.2, 0.25) is 0 Å². The second kappa shape index (κ2) is 5.82. The summed E-state index contributed by atoms with van der Waals surface area (Å²) in [5.41, 5.74) is 2.18. The summed E-state index contributed by atoms with van der Waals surface area (Å²) in [5, 5.41) is 11.3. The van der Waals surface area contributed by atoms with Crippen molar-refractivity contribution < 1.29 is 9.90 Å². The van der Waals surface area contributed by atoms with E-state index in [-0.39, 0.29) is 17.9 Å². The third-order valence-corrected chi connectivity index (χ3v) is 2.87. The zero-order chi connectivity index (χ0) is 12.9. The lowest BCUT2D eigenvalue weighted by Crippen LogP contribution is -2.32. The van der Waals surface area contributed by atoms with Crippen molar-refractivity contribution in [3.05, 3.63) is 35.4 Å². The number of nitrogens with one attached hydrogen (secondary N) is 1. The quantitative estimate of drug-likeness (QED) is 0.817. The number of hydrogen-bond donors (Lipinski definition) is 2. The first kappa shape index (κ1) is 13.7. The van der Waals surface area contributed by atoms with Crippen LogP contribution in [0.4, 0.5) is 0 Å². The van der Waals surface area contributed by atoms with E-state index in [1.54, 1.807) is 0 Å². The van der Waals surface area contributed by atoms with Crippen molar-refractivity contribution in [2.24, 2.45) is 0 Å². The van der Waals surface area contributed by atoms with Crippen LogP contribution >= 0.6 is 0 Å². The minimum atomic E-state index is -0.187. The fraction of sp³-hybridized carbons (Fsp3) is 0.500. The van der Waals surface area contributed by atoms with Gasteiger partial charge in [0.25, 0.3) is 0 Å². The number of aliphatic hydroxyl groups excluding tert-OH is 1. The minimum absolute atomic E-state index is 0.0172. The molecule has 0 saturated heterocycles. The zero-order valence-electron chi connectivity index (χ0n) is 10.8. The first-order valence-electron chi connectivity index (χ1n) is 5.90. The number of carbonyl (C=O) groups is 1. The molecule has 0 bridgehead atoms. The SMILES string of the molecule is Cc1ccc(C(C)(C)CC(=O)NCCO)cc1. The van der Waals surface area contributed by atoms with Gasteiger partial charge < -0.3 is 10.4 Å². The standard InChI is InChI=1S/C14H21NO2/c1-11-4-6-12(7-5-11)14(2,3)10-13(17)15-8-9-16/h4-7,16H,8-10H2,1-3H3,(H,15,17). The van der Waals surface area contributed by atoms with Crippen LogP contribution in [0.25, 0.3) is 0 Å². The van der Waals surface area contributed by atoms with Crippen LogP contribution in [0.3, 0.4) is 0 Å². The van der Waals surface area contributed by atoms with Crippen molar-refractivity contribution in [3.63, 3.8) is 0 Å². The molecule has 1 aromatic rings. The van der Waals surface area contributed by atoms with E-state index in [4.69, 9.17) is 5.11 Å². The Hall–Kier alpha value is -1.35. The molecule has 0 heterocycles. The molecule has 0 saturated carbocycles. The molecule has 94 valence electrons. The molecular formula is C14H21NO2. The molecule has 0 aliphatic heterocycles. The van der Waals surface area contributed by atoms with Gasteiger partial charge in [0.2, 0.25) is 5.91 Å². The van der Waals surface area contributed by atoms with Crippen molar-refractivity contribution in [2.45, 2.75) is 32.6 Å². The van der Waals surface area contributed by atoms with Crippen molar-refractivity contribution in [1.29, 1.82) is 0 Å². The number of aryl methyl sites for hydroxylation is 1. The number of aliphatic hydroxyl groups is 1. The molecule has 0 fully saturated rings. The maximum absolute atomic E-state index is 11.6. The topological polar surface area (TPSA) is 49.3 Å². The molecule has 1 rings (SSSR count). The Morgan fingerprint density at radius 2 is 1.88 bits per heavy atom. The summed E-state index contributed by atoms with van der Waals surface area (Å²) in [6, 6.07) is 8.24. The van der Waals surface area contributed by atoms with E-state index in [0.717, 1.165) is 5.56 Å². The zero-order valence-corrected chi connectivity index (χ0v) is 10.8. The van der Waals surface area contributed by atoms with E-state index >= 15 is 0 Å². The Morgan fingerprint density at radius 1 is 1.29 bits per heavy atom. The monoisotopic (exact) mass is 235 g/mol. The molecule has 1 amide bonds. The number of amides is 1. The molecule has 2 N–H and O–H groups in total. The molecule has 0 unspecified atom stereocenters. The van der Waals surface area contributed by atoms with Gasteiger partial charge in [0, 0.05) is 13.0 Å². The van der Waals surface area contributed by atoms with E-state index in [1.807, 2.05) is 6.92 Å². The van der Waals surface area contributed by atoms with Crippen LogP contribution in [0.1, 0.15) is 31.4 Å². The summed E-state index contributed by atoms with van der Waals surface area (Å²) in [7, 11) is 0. The van der Waals surface area contributed by atoms with Gasteiger partial charge >= 0.3 is 0 Å². The van der Waals surface area contributed by atoms with Crippen molar-refractivity contribution in [3.8, 4) is 0 Å². The van der Waals surface area contributed by atoms with Crippen LogP contribution in [0.5, 0.6) is 0 Å². The molecule has 0 aliphatic carbocycles. The van der Waals surface area contributed by atoms with Crippen LogP contribution in [0, 0.1) is 6.92 Å². The third kappa shape index (κ3) is 4.19. The highest BCUT2D eigenvalue weighted by Gasteiger charge is 2.23. The summed E-state index contributed by atoms with van der Waals surface area (Å²) >= 11 is 0. The third-order valence-electron chi connectivity index (χ3n) is 2.87. The number of hydrogen-bond acceptors (Lipinski definition) is 2. The van der Waals surface area contributed by atoms with E-state index in [0.29, 0.717) is 13.0 Å². The second-order valence-corrected chi connectivity index (χ2v) is 5.00. The number of benzene rings is 1. The van der Waals surface area contributed by atoms with Crippen LogP contribution in [0.15, 0.2) is 24.3 Å². The fourth-order valence-electron chi connectivity index (χ4n) is 1.77. The lowest BCUT2D eigenvalue weighted by molar-refractivity contribution is -0.122. The van der Waals surface area contributed by atoms with Gasteiger partial charge in [-0.15, -0.1) is 0 Å². The Labute approximate surface area is 103 Å². The molecule has 0 spiro atoms. The van der Waals surface area contributed by atoms with Gasteiger partial charge in [-0.1, -0.05) is 43.7 Å². The van der Waals surface area contributed by atoms with E-state index in [1.165, 1.54) is 5.56 Å². The highest BCUT2D eigenvalue weighted by molar-refractivity contribution is 5.77. The molecule has 0 radical (unpaired) electrons. The summed E-state index contributed by atoms with van der Waals surface area (Å²) in [6.07, 6.45) is 0.427. The highest BCUT2D eigenvalue weighted by atomic mass is 16.3. The molecule has 1 aromatic carbocycles. The second-order valence-electron chi connectivity index (χ2n) is 5.00. The average molecular weight is 235 g/mol. The van der Waals surface area contributed by atoms with Gasteiger partial charge in [-0.05, 0) is 17.9 Å². The Kier molecular flexibility index (Phi) is 4.70. The van der Waals surface area contributed by atoms with Gasteiger partial charge in [-0.2, -0.15) is 0 Å². The molecule has 0 atom stereocenters. The molecule has 3 nitrogen and oxygen atoms in total. The molecule has 17 heavy (non-hydrogen) atoms. The maximum atomic E-state index is 11.6. The number of rotatable bonds is 5. The lowest BCUT2D eigenvalue weighted by Gasteiger charge is -2.24. The summed E-state index contributed by atoms with van der Waals surface area (Å²) < 4.78 is 0. The van der Waals surface area contributed by atoms with Crippen LogP contribution < -0.4 is 5.32 Å². The van der Waals surface area contributed by atoms with E-state index < -0.39 is 0 Å². The summed E-state index contributed by atoms with van der Waals surface area (Å²) in [4.78, 5) is 11.6. The van der Waals surface area contributed by atoms with Gasteiger partial charge in [0.05, 0.1) is 6.61 Å².